The Labute approximate surface area is 180 Å². The summed E-state index contributed by atoms with van der Waals surface area (Å²) >= 11 is 0. The van der Waals surface area contributed by atoms with Crippen LogP contribution in [0, 0.1) is 18.3 Å². The molecule has 0 bridgehead atoms. The number of hydrogen-bond donors (Lipinski definition) is 3. The number of amides is 3. The second kappa shape index (κ2) is 9.67. The highest BCUT2D eigenvalue weighted by Gasteiger charge is 2.32. The topological polar surface area (TPSA) is 112 Å². The standard InChI is InChI=1S/C23H24N4O4/c1-4-30-19-13-16(8-9-18(19)31-11-10-24)21-20(15(3)25-23(29)27-21)22(28)26-17-7-5-6-14(2)12-17/h5-9,12-13,21H,4,11H2,1-3H3,(H,26,28)(H2,25,27,29)/t21-/m0/s1. The monoisotopic (exact) mass is 420 g/mol. The Hall–Kier alpha value is -3.99. The van der Waals surface area contributed by atoms with Crippen molar-refractivity contribution in [3.05, 3.63) is 64.9 Å². The minimum Gasteiger partial charge on any atom is -0.490 e. The molecule has 3 N–H and O–H groups in total. The summed E-state index contributed by atoms with van der Waals surface area (Å²) in [5.74, 6) is 0.515. The third-order valence-corrected chi connectivity index (χ3v) is 4.68. The summed E-state index contributed by atoms with van der Waals surface area (Å²) in [6, 6.07) is 13.4. The van der Waals surface area contributed by atoms with E-state index < -0.39 is 12.1 Å². The minimum atomic E-state index is -0.692. The van der Waals surface area contributed by atoms with Crippen molar-refractivity contribution in [2.75, 3.05) is 18.5 Å². The van der Waals surface area contributed by atoms with E-state index in [1.807, 2.05) is 38.1 Å². The number of ether oxygens (including phenoxy) is 2. The second-order valence-electron chi connectivity index (χ2n) is 6.98. The number of nitrogens with one attached hydrogen (secondary N) is 3. The zero-order valence-corrected chi connectivity index (χ0v) is 17.6. The number of carbonyl (C=O) groups excluding carboxylic acids is 2. The Bertz CT molecular complexity index is 1070. The molecule has 2 aromatic rings. The molecule has 0 fully saturated rings. The van der Waals surface area contributed by atoms with Crippen molar-refractivity contribution in [2.45, 2.75) is 26.8 Å². The van der Waals surface area contributed by atoms with Crippen molar-refractivity contribution < 1.29 is 19.1 Å². The van der Waals surface area contributed by atoms with Gasteiger partial charge in [-0.1, -0.05) is 18.2 Å². The molecular weight excluding hydrogens is 396 g/mol. The van der Waals surface area contributed by atoms with Gasteiger partial charge in [0.05, 0.1) is 18.2 Å². The molecule has 0 radical (unpaired) electrons. The predicted molar refractivity (Wildman–Crippen MR) is 116 cm³/mol. The molecule has 3 amide bonds. The van der Waals surface area contributed by atoms with Gasteiger partial charge in [0.15, 0.2) is 18.1 Å². The highest BCUT2D eigenvalue weighted by molar-refractivity contribution is 6.06. The van der Waals surface area contributed by atoms with Gasteiger partial charge in [-0.15, -0.1) is 0 Å². The van der Waals surface area contributed by atoms with Crippen LogP contribution in [0.2, 0.25) is 0 Å². The molecule has 3 rings (SSSR count). The number of nitrogens with zero attached hydrogens (tertiary/aromatic N) is 1. The fraction of sp³-hybridized carbons (Fsp3) is 0.261. The lowest BCUT2D eigenvalue weighted by atomic mass is 9.94. The highest BCUT2D eigenvalue weighted by atomic mass is 16.5. The maximum absolute atomic E-state index is 13.1. The summed E-state index contributed by atoms with van der Waals surface area (Å²) < 4.78 is 11.1. The molecule has 2 aromatic carbocycles. The van der Waals surface area contributed by atoms with Gasteiger partial charge in [-0.25, -0.2) is 4.79 Å². The van der Waals surface area contributed by atoms with Crippen LogP contribution >= 0.6 is 0 Å². The SMILES string of the molecule is CCOc1cc([C@@H]2NC(=O)NC(C)=C2C(=O)Nc2cccc(C)c2)ccc1OCC#N. The summed E-state index contributed by atoms with van der Waals surface area (Å²) in [4.78, 5) is 25.3. The average Bonchev–Trinajstić information content (AvgIpc) is 2.72. The largest absolute Gasteiger partial charge is 0.490 e. The van der Waals surface area contributed by atoms with Crippen LogP contribution in [0.25, 0.3) is 0 Å². The summed E-state index contributed by atoms with van der Waals surface area (Å²) in [7, 11) is 0. The van der Waals surface area contributed by atoms with E-state index >= 15 is 0 Å². The van der Waals surface area contributed by atoms with Crippen LogP contribution in [0.3, 0.4) is 0 Å². The van der Waals surface area contributed by atoms with Crippen molar-refractivity contribution in [1.82, 2.24) is 10.6 Å². The van der Waals surface area contributed by atoms with Gasteiger partial charge in [-0.3, -0.25) is 4.79 Å². The van der Waals surface area contributed by atoms with E-state index in [4.69, 9.17) is 14.7 Å². The molecule has 0 saturated carbocycles. The van der Waals surface area contributed by atoms with Gasteiger partial charge in [0.2, 0.25) is 0 Å². The highest BCUT2D eigenvalue weighted by Crippen LogP contribution is 2.34. The summed E-state index contributed by atoms with van der Waals surface area (Å²) in [6.45, 7) is 5.73. The van der Waals surface area contributed by atoms with Crippen molar-refractivity contribution in [2.24, 2.45) is 0 Å². The van der Waals surface area contributed by atoms with E-state index in [0.29, 0.717) is 40.6 Å². The van der Waals surface area contributed by atoms with Crippen molar-refractivity contribution in [1.29, 1.82) is 5.26 Å². The maximum atomic E-state index is 13.1. The van der Waals surface area contributed by atoms with Crippen LogP contribution in [0.1, 0.15) is 31.0 Å². The fourth-order valence-corrected chi connectivity index (χ4v) is 3.37. The van der Waals surface area contributed by atoms with Gasteiger partial charge >= 0.3 is 6.03 Å². The Morgan fingerprint density at radius 1 is 1.16 bits per heavy atom. The van der Waals surface area contributed by atoms with E-state index in [1.165, 1.54) is 0 Å². The molecule has 1 aliphatic heterocycles. The molecule has 1 heterocycles. The molecule has 8 heteroatoms. The van der Waals surface area contributed by atoms with E-state index in [-0.39, 0.29) is 12.5 Å². The Balaban J connectivity index is 1.96. The van der Waals surface area contributed by atoms with Gasteiger partial charge in [-0.05, 0) is 56.2 Å². The summed E-state index contributed by atoms with van der Waals surface area (Å²) in [5.41, 5.74) is 3.17. The van der Waals surface area contributed by atoms with Crippen molar-refractivity contribution in [3.63, 3.8) is 0 Å². The number of urea groups is 1. The van der Waals surface area contributed by atoms with Crippen LogP contribution in [0.15, 0.2) is 53.7 Å². The predicted octanol–water partition coefficient (Wildman–Crippen LogP) is 3.56. The Morgan fingerprint density at radius 3 is 2.68 bits per heavy atom. The maximum Gasteiger partial charge on any atom is 0.319 e. The lowest BCUT2D eigenvalue weighted by Crippen LogP contribution is -2.46. The summed E-state index contributed by atoms with van der Waals surface area (Å²) in [6.07, 6.45) is 0. The third kappa shape index (κ3) is 5.14. The first kappa shape index (κ1) is 21.7. The lowest BCUT2D eigenvalue weighted by Gasteiger charge is -2.29. The number of allylic oxidation sites excluding steroid dienone is 1. The number of aryl methyl sites for hydroxylation is 1. The van der Waals surface area contributed by atoms with Crippen LogP contribution < -0.4 is 25.4 Å². The van der Waals surface area contributed by atoms with Crippen LogP contribution in [0.4, 0.5) is 10.5 Å². The molecular formula is C23H24N4O4. The van der Waals surface area contributed by atoms with E-state index in [9.17, 15) is 9.59 Å². The Kier molecular flexibility index (Phi) is 6.78. The molecule has 1 aliphatic rings. The number of anilines is 1. The quantitative estimate of drug-likeness (QED) is 0.634. The normalized spacial score (nSPS) is 15.4. The van der Waals surface area contributed by atoms with Crippen LogP contribution in [-0.2, 0) is 4.79 Å². The first-order valence-corrected chi connectivity index (χ1v) is 9.85. The van der Waals surface area contributed by atoms with Crippen LogP contribution in [-0.4, -0.2) is 25.2 Å². The first-order valence-electron chi connectivity index (χ1n) is 9.85. The summed E-state index contributed by atoms with van der Waals surface area (Å²) in [5, 5.41) is 17.1. The number of carbonyl (C=O) groups is 2. The van der Waals surface area contributed by atoms with E-state index in [1.54, 1.807) is 31.2 Å². The number of nitriles is 1. The molecule has 31 heavy (non-hydrogen) atoms. The molecule has 0 aliphatic carbocycles. The third-order valence-electron chi connectivity index (χ3n) is 4.68. The van der Waals surface area contributed by atoms with Crippen molar-refractivity contribution in [3.8, 4) is 17.6 Å². The Morgan fingerprint density at radius 2 is 1.97 bits per heavy atom. The van der Waals surface area contributed by atoms with Gasteiger partial charge in [0.25, 0.3) is 5.91 Å². The molecule has 0 aromatic heterocycles. The van der Waals surface area contributed by atoms with Crippen molar-refractivity contribution >= 4 is 17.6 Å². The van der Waals surface area contributed by atoms with E-state index in [2.05, 4.69) is 16.0 Å². The zero-order valence-electron chi connectivity index (χ0n) is 17.6. The number of benzene rings is 2. The molecule has 8 nitrogen and oxygen atoms in total. The minimum absolute atomic E-state index is 0.118. The van der Waals surface area contributed by atoms with E-state index in [0.717, 1.165) is 5.56 Å². The molecule has 0 unspecified atom stereocenters. The van der Waals surface area contributed by atoms with Gasteiger partial charge in [0.1, 0.15) is 6.07 Å². The van der Waals surface area contributed by atoms with Gasteiger partial charge < -0.3 is 25.4 Å². The van der Waals surface area contributed by atoms with Gasteiger partial charge in [-0.2, -0.15) is 5.26 Å². The zero-order chi connectivity index (χ0) is 22.4. The van der Waals surface area contributed by atoms with Crippen LogP contribution in [0.5, 0.6) is 11.5 Å². The molecule has 1 atom stereocenters. The first-order chi connectivity index (χ1) is 14.9. The number of rotatable bonds is 7. The smallest absolute Gasteiger partial charge is 0.319 e. The number of hydrogen-bond acceptors (Lipinski definition) is 5. The lowest BCUT2D eigenvalue weighted by molar-refractivity contribution is -0.113. The average molecular weight is 420 g/mol. The second-order valence-corrected chi connectivity index (χ2v) is 6.98. The fourth-order valence-electron chi connectivity index (χ4n) is 3.37. The molecule has 160 valence electrons. The van der Waals surface area contributed by atoms with Gasteiger partial charge in [0, 0.05) is 11.4 Å². The molecule has 0 saturated heterocycles. The molecule has 0 spiro atoms.